The number of fused-ring (bicyclic) bond motifs is 1. The minimum absolute atomic E-state index is 0.0170. The number of likely N-dealkylation sites (N-methyl/N-ethyl adjacent to an activating group) is 1. The van der Waals surface area contributed by atoms with Crippen LogP contribution >= 0.6 is 11.8 Å². The molecular formula is C19H28N4O4S. The summed E-state index contributed by atoms with van der Waals surface area (Å²) in [5.74, 6) is -1.48. The maximum atomic E-state index is 12.7. The van der Waals surface area contributed by atoms with Gasteiger partial charge in [-0.25, -0.2) is 4.79 Å². The van der Waals surface area contributed by atoms with E-state index in [0.717, 1.165) is 4.91 Å². The summed E-state index contributed by atoms with van der Waals surface area (Å²) in [5.41, 5.74) is 0.105. The van der Waals surface area contributed by atoms with Gasteiger partial charge in [-0.05, 0) is 25.0 Å². The van der Waals surface area contributed by atoms with Crippen LogP contribution in [0.2, 0.25) is 0 Å². The Morgan fingerprint density at radius 1 is 1.46 bits per heavy atom. The lowest BCUT2D eigenvalue weighted by Crippen LogP contribution is -2.62. The van der Waals surface area contributed by atoms with Crippen LogP contribution in [0.1, 0.15) is 26.7 Å². The van der Waals surface area contributed by atoms with E-state index in [9.17, 15) is 19.5 Å². The van der Waals surface area contributed by atoms with E-state index >= 15 is 0 Å². The fraction of sp³-hybridized carbons (Fsp3) is 0.684. The Balaban J connectivity index is 1.78. The quantitative estimate of drug-likeness (QED) is 0.428. The molecule has 3 aliphatic rings. The first-order valence-electron chi connectivity index (χ1n) is 9.59. The number of hydrogen-bond donors (Lipinski definition) is 3. The molecule has 0 aromatic carbocycles. The van der Waals surface area contributed by atoms with Crippen LogP contribution in [0.25, 0.3) is 0 Å². The van der Waals surface area contributed by atoms with Gasteiger partial charge in [-0.2, -0.15) is 0 Å². The lowest BCUT2D eigenvalue weighted by Gasteiger charge is -2.47. The van der Waals surface area contributed by atoms with Gasteiger partial charge in [0.25, 0.3) is 0 Å². The molecule has 3 N–H and O–H groups in total. The summed E-state index contributed by atoms with van der Waals surface area (Å²) in [6, 6.07) is -0.401. The van der Waals surface area contributed by atoms with Crippen LogP contribution in [0.5, 0.6) is 0 Å². The van der Waals surface area contributed by atoms with E-state index in [1.807, 2.05) is 13.8 Å². The highest BCUT2D eigenvalue weighted by Gasteiger charge is 2.60. The van der Waals surface area contributed by atoms with Crippen LogP contribution < -0.4 is 5.32 Å². The highest BCUT2D eigenvalue weighted by Crippen LogP contribution is 2.53. The summed E-state index contributed by atoms with van der Waals surface area (Å²) in [5, 5.41) is 20.4. The van der Waals surface area contributed by atoms with E-state index in [2.05, 4.69) is 5.32 Å². The van der Waals surface area contributed by atoms with Crippen molar-refractivity contribution in [3.8, 4) is 0 Å². The van der Waals surface area contributed by atoms with E-state index in [1.54, 1.807) is 19.0 Å². The molecule has 0 radical (unpaired) electrons. The Morgan fingerprint density at radius 3 is 2.71 bits per heavy atom. The van der Waals surface area contributed by atoms with Crippen molar-refractivity contribution in [2.24, 2.45) is 17.8 Å². The van der Waals surface area contributed by atoms with Crippen molar-refractivity contribution in [1.29, 1.82) is 5.41 Å². The fourth-order valence-electron chi connectivity index (χ4n) is 4.57. The number of carbonyl (C=O) groups is 3. The van der Waals surface area contributed by atoms with Gasteiger partial charge in [-0.3, -0.25) is 9.59 Å². The maximum Gasteiger partial charge on any atom is 0.353 e. The van der Waals surface area contributed by atoms with Gasteiger partial charge < -0.3 is 25.6 Å². The Labute approximate surface area is 169 Å². The third-order valence-corrected chi connectivity index (χ3v) is 7.53. The number of nitrogens with zero attached hydrogens (tertiary/aromatic N) is 2. The molecule has 9 heteroatoms. The van der Waals surface area contributed by atoms with Crippen LogP contribution in [-0.4, -0.2) is 76.9 Å². The van der Waals surface area contributed by atoms with Crippen LogP contribution in [0, 0.1) is 23.2 Å². The number of carboxylic acid groups (broad SMARTS) is 1. The van der Waals surface area contributed by atoms with Crippen molar-refractivity contribution in [2.45, 2.75) is 44.0 Å². The minimum atomic E-state index is -1.07. The predicted octanol–water partition coefficient (Wildman–Crippen LogP) is 0.987. The Hall–Kier alpha value is -1.87. The second-order valence-electron chi connectivity index (χ2n) is 8.12. The fourth-order valence-corrected chi connectivity index (χ4v) is 6.05. The summed E-state index contributed by atoms with van der Waals surface area (Å²) >= 11 is 1.50. The Bertz CT molecular complexity index is 737. The molecule has 8 nitrogen and oxygen atoms in total. The molecule has 3 aliphatic heterocycles. The molecule has 6 atom stereocenters. The largest absolute Gasteiger partial charge is 0.477 e. The van der Waals surface area contributed by atoms with Gasteiger partial charge in [0.05, 0.1) is 18.0 Å². The topological polar surface area (TPSA) is 114 Å². The van der Waals surface area contributed by atoms with Crippen molar-refractivity contribution in [1.82, 2.24) is 15.1 Å². The van der Waals surface area contributed by atoms with Crippen molar-refractivity contribution in [3.05, 3.63) is 10.6 Å². The number of amides is 2. The highest BCUT2D eigenvalue weighted by molar-refractivity contribution is 8.03. The van der Waals surface area contributed by atoms with E-state index in [1.165, 1.54) is 22.9 Å². The van der Waals surface area contributed by atoms with Gasteiger partial charge in [0.15, 0.2) is 0 Å². The zero-order valence-corrected chi connectivity index (χ0v) is 17.5. The average Bonchev–Trinajstić information content (AvgIpc) is 3.17. The molecule has 2 saturated heterocycles. The number of aliphatic carboxylic acids is 1. The molecule has 0 bridgehead atoms. The number of hydrogen-bond acceptors (Lipinski definition) is 6. The first kappa shape index (κ1) is 20.9. The molecular weight excluding hydrogens is 380 g/mol. The second kappa shape index (κ2) is 7.87. The van der Waals surface area contributed by atoms with Crippen LogP contribution in [0.15, 0.2) is 10.6 Å². The predicted molar refractivity (Wildman–Crippen MR) is 107 cm³/mol. The molecule has 0 aromatic rings. The van der Waals surface area contributed by atoms with Crippen molar-refractivity contribution >= 4 is 35.8 Å². The SMILES string of the molecule is C[C@@H](CC=N)[C@H]1C(=O)N2C(C(=O)O)=C(S[C@@H]3CN[C@H](C(=O)N(C)C)C3)[C@H](C)[C@H]12. The molecule has 0 aromatic heterocycles. The standard InChI is InChI=1S/C19H28N4O4S/c1-9(5-6-20)13-14-10(2)16(15(19(26)27)23(14)18(13)25)28-11-7-12(21-8-11)17(24)22(3)4/h6,9-14,20-21H,5,7-8H2,1-4H3,(H,26,27)/t9-,10+,11-,12-,13+,14+/m0/s1. The normalized spacial score (nSPS) is 32.8. The summed E-state index contributed by atoms with van der Waals surface area (Å²) in [6.07, 6.45) is 2.46. The molecule has 0 unspecified atom stereocenters. The molecule has 2 fully saturated rings. The average molecular weight is 409 g/mol. The van der Waals surface area contributed by atoms with Crippen molar-refractivity contribution in [3.63, 3.8) is 0 Å². The molecule has 154 valence electrons. The lowest BCUT2D eigenvalue weighted by atomic mass is 9.74. The molecule has 3 rings (SSSR count). The molecule has 0 spiro atoms. The van der Waals surface area contributed by atoms with E-state index in [4.69, 9.17) is 5.41 Å². The van der Waals surface area contributed by atoms with E-state index in [-0.39, 0.29) is 52.6 Å². The first-order chi connectivity index (χ1) is 13.2. The number of thioether (sulfide) groups is 1. The molecule has 3 heterocycles. The zero-order chi connectivity index (χ0) is 20.7. The summed E-state index contributed by atoms with van der Waals surface area (Å²) in [4.78, 5) is 40.6. The van der Waals surface area contributed by atoms with Crippen LogP contribution in [0.3, 0.4) is 0 Å². The lowest BCUT2D eigenvalue weighted by molar-refractivity contribution is -0.159. The maximum absolute atomic E-state index is 12.7. The zero-order valence-electron chi connectivity index (χ0n) is 16.6. The van der Waals surface area contributed by atoms with Crippen LogP contribution in [0.4, 0.5) is 0 Å². The van der Waals surface area contributed by atoms with Gasteiger partial charge >= 0.3 is 5.97 Å². The number of carboxylic acids is 1. The van der Waals surface area contributed by atoms with Gasteiger partial charge in [0.1, 0.15) is 5.70 Å². The van der Waals surface area contributed by atoms with E-state index < -0.39 is 5.97 Å². The summed E-state index contributed by atoms with van der Waals surface area (Å²) < 4.78 is 0. The second-order valence-corrected chi connectivity index (χ2v) is 9.46. The molecule has 0 saturated carbocycles. The minimum Gasteiger partial charge on any atom is -0.477 e. The molecule has 0 aliphatic carbocycles. The summed E-state index contributed by atoms with van der Waals surface area (Å²) in [7, 11) is 3.45. The summed E-state index contributed by atoms with van der Waals surface area (Å²) in [6.45, 7) is 4.56. The molecule has 2 amide bonds. The van der Waals surface area contributed by atoms with Crippen LogP contribution in [-0.2, 0) is 14.4 Å². The Kier molecular flexibility index (Phi) is 5.86. The molecule has 28 heavy (non-hydrogen) atoms. The van der Waals surface area contributed by atoms with Crippen molar-refractivity contribution < 1.29 is 19.5 Å². The van der Waals surface area contributed by atoms with Gasteiger partial charge in [0.2, 0.25) is 11.8 Å². The third-order valence-electron chi connectivity index (χ3n) is 6.02. The van der Waals surface area contributed by atoms with Gasteiger partial charge in [-0.1, -0.05) is 13.8 Å². The third kappa shape index (κ3) is 3.34. The number of β-lactam (4-membered cyclic amide) rings is 1. The highest BCUT2D eigenvalue weighted by atomic mass is 32.2. The van der Waals surface area contributed by atoms with Gasteiger partial charge in [0, 0.05) is 36.7 Å². The Morgan fingerprint density at radius 2 is 2.14 bits per heavy atom. The smallest absolute Gasteiger partial charge is 0.353 e. The number of nitrogens with one attached hydrogen (secondary N) is 2. The number of rotatable bonds is 7. The van der Waals surface area contributed by atoms with E-state index in [0.29, 0.717) is 19.4 Å². The number of carbonyl (C=O) groups excluding carboxylic acids is 2. The first-order valence-corrected chi connectivity index (χ1v) is 10.5. The monoisotopic (exact) mass is 408 g/mol. The van der Waals surface area contributed by atoms with Gasteiger partial charge in [-0.15, -0.1) is 11.8 Å². The van der Waals surface area contributed by atoms with Crippen molar-refractivity contribution in [2.75, 3.05) is 20.6 Å².